The van der Waals surface area contributed by atoms with Gasteiger partial charge < -0.3 is 4.74 Å². The van der Waals surface area contributed by atoms with Crippen molar-refractivity contribution in [2.24, 2.45) is 0 Å². The van der Waals surface area contributed by atoms with Crippen LogP contribution < -0.4 is 9.64 Å². The zero-order chi connectivity index (χ0) is 18.7. The van der Waals surface area contributed by atoms with Gasteiger partial charge in [-0.1, -0.05) is 43.4 Å². The number of para-hydroxylation sites is 1. The van der Waals surface area contributed by atoms with Crippen LogP contribution in [0.5, 0.6) is 5.75 Å². The Hall–Kier alpha value is -2.40. The number of hydrogen-bond acceptors (Lipinski definition) is 4. The van der Waals surface area contributed by atoms with Crippen molar-refractivity contribution in [3.05, 3.63) is 53.6 Å². The molecule has 0 aliphatic carbocycles. The van der Waals surface area contributed by atoms with Gasteiger partial charge in [-0.2, -0.15) is 0 Å². The van der Waals surface area contributed by atoms with E-state index in [1.165, 1.54) is 22.5 Å². The number of rotatable bonds is 6. The molecule has 3 rings (SSSR count). The highest BCUT2D eigenvalue weighted by Gasteiger charge is 2.18. The van der Waals surface area contributed by atoms with Crippen molar-refractivity contribution in [2.75, 3.05) is 18.1 Å². The first-order chi connectivity index (χ1) is 12.5. The Kier molecular flexibility index (Phi) is 5.57. The Morgan fingerprint density at radius 2 is 2.00 bits per heavy atom. The van der Waals surface area contributed by atoms with Gasteiger partial charge in [-0.25, -0.2) is 4.98 Å². The molecule has 1 aromatic heterocycles. The number of aromatic nitrogens is 1. The van der Waals surface area contributed by atoms with E-state index in [9.17, 15) is 4.79 Å². The van der Waals surface area contributed by atoms with Crippen LogP contribution in [-0.4, -0.2) is 24.0 Å². The van der Waals surface area contributed by atoms with Gasteiger partial charge >= 0.3 is 0 Å². The summed E-state index contributed by atoms with van der Waals surface area (Å²) in [7, 11) is 0. The van der Waals surface area contributed by atoms with Crippen LogP contribution in [0.25, 0.3) is 10.2 Å². The largest absolute Gasteiger partial charge is 0.484 e. The highest BCUT2D eigenvalue weighted by atomic mass is 32.1. The fourth-order valence-electron chi connectivity index (χ4n) is 3.00. The molecule has 3 aromatic rings. The van der Waals surface area contributed by atoms with Crippen LogP contribution in [0, 0.1) is 6.92 Å². The molecule has 4 nitrogen and oxygen atoms in total. The van der Waals surface area contributed by atoms with Crippen molar-refractivity contribution in [1.82, 2.24) is 4.98 Å². The average Bonchev–Trinajstić information content (AvgIpc) is 3.04. The molecule has 136 valence electrons. The van der Waals surface area contributed by atoms with Crippen LogP contribution in [0.15, 0.2) is 42.5 Å². The highest BCUT2D eigenvalue weighted by molar-refractivity contribution is 7.22. The van der Waals surface area contributed by atoms with E-state index in [-0.39, 0.29) is 12.5 Å². The van der Waals surface area contributed by atoms with Gasteiger partial charge in [0.15, 0.2) is 11.7 Å². The topological polar surface area (TPSA) is 42.4 Å². The van der Waals surface area contributed by atoms with E-state index in [0.717, 1.165) is 16.0 Å². The summed E-state index contributed by atoms with van der Waals surface area (Å²) in [6.07, 6.45) is 0. The van der Waals surface area contributed by atoms with Crippen LogP contribution in [0.2, 0.25) is 0 Å². The Bertz CT molecular complexity index is 884. The second kappa shape index (κ2) is 7.87. The van der Waals surface area contributed by atoms with Crippen LogP contribution in [0.1, 0.15) is 37.8 Å². The normalized spacial score (nSPS) is 11.1. The zero-order valence-electron chi connectivity index (χ0n) is 15.7. The van der Waals surface area contributed by atoms with Crippen LogP contribution in [0.4, 0.5) is 5.13 Å². The number of thiazole rings is 1. The molecule has 2 aromatic carbocycles. The lowest BCUT2D eigenvalue weighted by atomic mass is 9.98. The fourth-order valence-corrected chi connectivity index (χ4v) is 4.05. The maximum atomic E-state index is 12.7. The molecule has 5 heteroatoms. The molecular weight excluding hydrogens is 344 g/mol. The van der Waals surface area contributed by atoms with Crippen molar-refractivity contribution in [3.63, 3.8) is 0 Å². The van der Waals surface area contributed by atoms with Gasteiger partial charge in [-0.05, 0) is 55.2 Å². The van der Waals surface area contributed by atoms with E-state index in [1.54, 1.807) is 4.90 Å². The second-order valence-electron chi connectivity index (χ2n) is 6.56. The molecule has 0 N–H and O–H groups in total. The monoisotopic (exact) mass is 368 g/mol. The quantitative estimate of drug-likeness (QED) is 0.603. The molecule has 0 saturated heterocycles. The fraction of sp³-hybridized carbons (Fsp3) is 0.333. The first-order valence-corrected chi connectivity index (χ1v) is 9.70. The van der Waals surface area contributed by atoms with Crippen LogP contribution in [-0.2, 0) is 4.79 Å². The van der Waals surface area contributed by atoms with E-state index in [2.05, 4.69) is 31.8 Å². The summed E-state index contributed by atoms with van der Waals surface area (Å²) in [6, 6.07) is 13.9. The van der Waals surface area contributed by atoms with Gasteiger partial charge in [0.2, 0.25) is 0 Å². The summed E-state index contributed by atoms with van der Waals surface area (Å²) in [5, 5.41) is 0.716. The Morgan fingerprint density at radius 3 is 2.65 bits per heavy atom. The summed E-state index contributed by atoms with van der Waals surface area (Å²) in [6.45, 7) is 8.93. The van der Waals surface area contributed by atoms with E-state index >= 15 is 0 Å². The molecule has 0 fully saturated rings. The van der Waals surface area contributed by atoms with E-state index in [4.69, 9.17) is 4.74 Å². The van der Waals surface area contributed by atoms with E-state index < -0.39 is 0 Å². The molecule has 0 bridgehead atoms. The zero-order valence-corrected chi connectivity index (χ0v) is 16.5. The summed E-state index contributed by atoms with van der Waals surface area (Å²) in [5.41, 5.74) is 3.40. The van der Waals surface area contributed by atoms with Gasteiger partial charge in [0.05, 0.1) is 10.2 Å². The number of likely N-dealkylation sites (N-methyl/N-ethyl adjacent to an activating group) is 1. The van der Waals surface area contributed by atoms with Crippen molar-refractivity contribution in [3.8, 4) is 5.75 Å². The number of nitrogens with zero attached hydrogens (tertiary/aromatic N) is 2. The molecular formula is C21H24N2O2S. The second-order valence-corrected chi connectivity index (χ2v) is 7.57. The van der Waals surface area contributed by atoms with Crippen molar-refractivity contribution >= 4 is 32.6 Å². The molecule has 0 aliphatic rings. The number of carbonyl (C=O) groups excluding carboxylic acids is 1. The summed E-state index contributed by atoms with van der Waals surface area (Å²) < 4.78 is 6.83. The minimum Gasteiger partial charge on any atom is -0.484 e. The third-order valence-electron chi connectivity index (χ3n) is 4.36. The van der Waals surface area contributed by atoms with Gasteiger partial charge in [0, 0.05) is 6.54 Å². The standard InChI is InChI=1S/C21H24N2O2S/c1-5-23(21-22-18-8-6-7-9-19(18)26-21)20(24)13-25-16-10-11-17(14(2)3)15(4)12-16/h6-12,14H,5,13H2,1-4H3. The molecule has 0 aliphatic heterocycles. The minimum atomic E-state index is -0.0860. The molecule has 0 radical (unpaired) electrons. The first kappa shape index (κ1) is 18.4. The first-order valence-electron chi connectivity index (χ1n) is 8.89. The van der Waals surface area contributed by atoms with Gasteiger partial charge in [-0.3, -0.25) is 9.69 Å². The lowest BCUT2D eigenvalue weighted by Gasteiger charge is -2.18. The number of amides is 1. The average molecular weight is 369 g/mol. The van der Waals surface area contributed by atoms with Crippen molar-refractivity contribution < 1.29 is 9.53 Å². The van der Waals surface area contributed by atoms with Gasteiger partial charge in [-0.15, -0.1) is 0 Å². The molecule has 1 amide bonds. The summed E-state index contributed by atoms with van der Waals surface area (Å²) in [5.74, 6) is 1.11. The lowest BCUT2D eigenvalue weighted by Crippen LogP contribution is -2.34. The van der Waals surface area contributed by atoms with Gasteiger partial charge in [0.25, 0.3) is 5.91 Å². The van der Waals surface area contributed by atoms with Crippen molar-refractivity contribution in [1.29, 1.82) is 0 Å². The highest BCUT2D eigenvalue weighted by Crippen LogP contribution is 2.29. The van der Waals surface area contributed by atoms with Crippen molar-refractivity contribution in [2.45, 2.75) is 33.6 Å². The third kappa shape index (κ3) is 3.88. The van der Waals surface area contributed by atoms with Gasteiger partial charge in [0.1, 0.15) is 5.75 Å². The maximum Gasteiger partial charge on any atom is 0.266 e. The number of benzene rings is 2. The Labute approximate surface area is 158 Å². The minimum absolute atomic E-state index is 0.00420. The molecule has 26 heavy (non-hydrogen) atoms. The molecule has 0 spiro atoms. The third-order valence-corrected chi connectivity index (χ3v) is 5.42. The molecule has 0 atom stereocenters. The van der Waals surface area contributed by atoms with E-state index in [1.807, 2.05) is 43.3 Å². The lowest BCUT2D eigenvalue weighted by molar-refractivity contribution is -0.120. The number of fused-ring (bicyclic) bond motifs is 1. The van der Waals surface area contributed by atoms with E-state index in [0.29, 0.717) is 17.6 Å². The number of aryl methyl sites for hydroxylation is 1. The predicted molar refractivity (Wildman–Crippen MR) is 108 cm³/mol. The SMILES string of the molecule is CCN(C(=O)COc1ccc(C(C)C)c(C)c1)c1nc2ccccc2s1. The predicted octanol–water partition coefficient (Wildman–Crippen LogP) is 5.16. The molecule has 0 unspecified atom stereocenters. The maximum absolute atomic E-state index is 12.7. The number of ether oxygens (including phenoxy) is 1. The van der Waals surface area contributed by atoms with Crippen LogP contribution in [0.3, 0.4) is 0 Å². The smallest absolute Gasteiger partial charge is 0.266 e. The summed E-state index contributed by atoms with van der Waals surface area (Å²) in [4.78, 5) is 18.9. The Balaban J connectivity index is 1.70. The number of carbonyl (C=O) groups is 1. The summed E-state index contributed by atoms with van der Waals surface area (Å²) >= 11 is 1.53. The Morgan fingerprint density at radius 1 is 1.23 bits per heavy atom. The number of anilines is 1. The molecule has 1 heterocycles. The molecule has 0 saturated carbocycles. The number of hydrogen-bond donors (Lipinski definition) is 0. The van der Waals surface area contributed by atoms with Crippen LogP contribution >= 0.6 is 11.3 Å².